The highest BCUT2D eigenvalue weighted by Gasteiger charge is 2.14. The molecule has 0 saturated carbocycles. The Morgan fingerprint density at radius 2 is 2.35 bits per heavy atom. The molecule has 0 aliphatic rings. The van der Waals surface area contributed by atoms with Crippen molar-refractivity contribution in [3.63, 3.8) is 0 Å². The molecule has 0 radical (unpaired) electrons. The van der Waals surface area contributed by atoms with Gasteiger partial charge in [-0.1, -0.05) is 5.16 Å². The molecule has 0 unspecified atom stereocenters. The van der Waals surface area contributed by atoms with Crippen molar-refractivity contribution in [2.45, 2.75) is 13.3 Å². The quantitative estimate of drug-likeness (QED) is 0.710. The Labute approximate surface area is 97.6 Å². The molecule has 2 amide bonds. The lowest BCUT2D eigenvalue weighted by molar-refractivity contribution is -0.137. The predicted octanol–water partition coefficient (Wildman–Crippen LogP) is -0.272. The van der Waals surface area contributed by atoms with Gasteiger partial charge < -0.3 is 19.8 Å². The number of carbonyl (C=O) groups is 2. The number of nitrogens with zero attached hydrogens (tertiary/aromatic N) is 3. The van der Waals surface area contributed by atoms with Gasteiger partial charge >= 0.3 is 12.0 Å². The van der Waals surface area contributed by atoms with Gasteiger partial charge in [-0.3, -0.25) is 4.79 Å². The molecule has 1 heterocycles. The highest BCUT2D eigenvalue weighted by atomic mass is 16.5. The highest BCUT2D eigenvalue weighted by molar-refractivity contribution is 5.79. The Bertz CT molecular complexity index is 365. The van der Waals surface area contributed by atoms with Crippen LogP contribution in [0.25, 0.3) is 0 Å². The maximum atomic E-state index is 11.5. The zero-order valence-corrected chi connectivity index (χ0v) is 9.42. The van der Waals surface area contributed by atoms with Crippen LogP contribution in [0.2, 0.25) is 0 Å². The third-order valence-electron chi connectivity index (χ3n) is 2.03. The molecule has 0 saturated heterocycles. The molecule has 0 atom stereocenters. The van der Waals surface area contributed by atoms with Crippen LogP contribution in [0.1, 0.15) is 12.7 Å². The number of hydrogen-bond acceptors (Lipinski definition) is 5. The summed E-state index contributed by atoms with van der Waals surface area (Å²) in [5.74, 6) is -0.549. The second-order valence-corrected chi connectivity index (χ2v) is 3.24. The van der Waals surface area contributed by atoms with Crippen LogP contribution in [-0.2, 0) is 11.2 Å². The van der Waals surface area contributed by atoms with E-state index in [2.05, 4.69) is 20.0 Å². The molecule has 1 rings (SSSR count). The molecule has 1 aromatic rings. The number of hydrogen-bond donors (Lipinski definition) is 2. The Hall–Kier alpha value is -2.12. The van der Waals surface area contributed by atoms with Crippen molar-refractivity contribution in [1.29, 1.82) is 0 Å². The van der Waals surface area contributed by atoms with Crippen LogP contribution in [-0.4, -0.2) is 51.8 Å². The molecule has 0 aliphatic carbocycles. The smallest absolute Gasteiger partial charge is 0.323 e. The van der Waals surface area contributed by atoms with Gasteiger partial charge in [0.2, 0.25) is 6.39 Å². The first-order chi connectivity index (χ1) is 8.13. The molecule has 17 heavy (non-hydrogen) atoms. The van der Waals surface area contributed by atoms with E-state index in [4.69, 9.17) is 5.11 Å². The average molecular weight is 242 g/mol. The molecule has 8 nitrogen and oxygen atoms in total. The van der Waals surface area contributed by atoms with Crippen molar-refractivity contribution in [3.8, 4) is 0 Å². The number of aliphatic carboxylic acids is 1. The first-order valence-corrected chi connectivity index (χ1v) is 5.13. The number of aromatic nitrogens is 2. The summed E-state index contributed by atoms with van der Waals surface area (Å²) in [7, 11) is 0. The van der Waals surface area contributed by atoms with Crippen LogP contribution < -0.4 is 5.32 Å². The van der Waals surface area contributed by atoms with Crippen LogP contribution in [0, 0.1) is 0 Å². The molecular formula is C9H14N4O4. The maximum absolute atomic E-state index is 11.5. The number of amides is 2. The van der Waals surface area contributed by atoms with Crippen LogP contribution >= 0.6 is 0 Å². The fourth-order valence-electron chi connectivity index (χ4n) is 1.19. The van der Waals surface area contributed by atoms with E-state index in [9.17, 15) is 9.59 Å². The molecule has 0 fully saturated rings. The maximum Gasteiger partial charge on any atom is 0.323 e. The highest BCUT2D eigenvalue weighted by Crippen LogP contribution is 1.91. The van der Waals surface area contributed by atoms with Crippen LogP contribution in [0.4, 0.5) is 4.79 Å². The Kier molecular flexibility index (Phi) is 4.92. The van der Waals surface area contributed by atoms with Gasteiger partial charge in [0.15, 0.2) is 5.82 Å². The first-order valence-electron chi connectivity index (χ1n) is 5.13. The summed E-state index contributed by atoms with van der Waals surface area (Å²) in [5.41, 5.74) is 0. The molecule has 8 heteroatoms. The van der Waals surface area contributed by atoms with E-state index in [1.54, 1.807) is 6.92 Å². The van der Waals surface area contributed by atoms with Crippen LogP contribution in [0.3, 0.4) is 0 Å². The van der Waals surface area contributed by atoms with Gasteiger partial charge in [-0.15, -0.1) is 0 Å². The van der Waals surface area contributed by atoms with Crippen molar-refractivity contribution < 1.29 is 19.2 Å². The van der Waals surface area contributed by atoms with Gasteiger partial charge in [-0.25, -0.2) is 4.79 Å². The number of rotatable bonds is 6. The molecule has 1 aromatic heterocycles. The van der Waals surface area contributed by atoms with Crippen LogP contribution in [0.5, 0.6) is 0 Å². The van der Waals surface area contributed by atoms with Gasteiger partial charge in [0.25, 0.3) is 0 Å². The average Bonchev–Trinajstić information content (AvgIpc) is 2.78. The van der Waals surface area contributed by atoms with E-state index in [1.165, 1.54) is 11.3 Å². The van der Waals surface area contributed by atoms with Crippen molar-refractivity contribution >= 4 is 12.0 Å². The zero-order valence-electron chi connectivity index (χ0n) is 9.42. The Morgan fingerprint density at radius 1 is 1.59 bits per heavy atom. The largest absolute Gasteiger partial charge is 0.480 e. The Balaban J connectivity index is 2.29. The van der Waals surface area contributed by atoms with Crippen molar-refractivity contribution in [2.75, 3.05) is 19.6 Å². The van der Waals surface area contributed by atoms with Gasteiger partial charge in [-0.2, -0.15) is 4.98 Å². The van der Waals surface area contributed by atoms with E-state index in [0.717, 1.165) is 0 Å². The molecule has 0 spiro atoms. The SMILES string of the molecule is CCN(CC(=O)O)C(=O)NCCc1ncon1. The van der Waals surface area contributed by atoms with Gasteiger partial charge in [0.1, 0.15) is 6.54 Å². The lowest BCUT2D eigenvalue weighted by Gasteiger charge is -2.18. The second-order valence-electron chi connectivity index (χ2n) is 3.24. The third kappa shape index (κ3) is 4.49. The predicted molar refractivity (Wildman–Crippen MR) is 56.3 cm³/mol. The minimum atomic E-state index is -1.04. The summed E-state index contributed by atoms with van der Waals surface area (Å²) in [6, 6.07) is -0.418. The number of likely N-dealkylation sites (N-methyl/N-ethyl adjacent to an activating group) is 1. The number of nitrogens with one attached hydrogen (secondary N) is 1. The second kappa shape index (κ2) is 6.46. The summed E-state index contributed by atoms with van der Waals surface area (Å²) < 4.78 is 4.53. The number of carboxylic acid groups (broad SMARTS) is 1. The van der Waals surface area contributed by atoms with Gasteiger partial charge in [-0.05, 0) is 6.92 Å². The fourth-order valence-corrected chi connectivity index (χ4v) is 1.19. The number of urea groups is 1. The third-order valence-corrected chi connectivity index (χ3v) is 2.03. The molecular weight excluding hydrogens is 228 g/mol. The molecule has 2 N–H and O–H groups in total. The van der Waals surface area contributed by atoms with Gasteiger partial charge in [0.05, 0.1) is 0 Å². The summed E-state index contributed by atoms with van der Waals surface area (Å²) in [6.45, 7) is 2.06. The van der Waals surface area contributed by atoms with E-state index in [0.29, 0.717) is 25.3 Å². The van der Waals surface area contributed by atoms with Crippen molar-refractivity contribution in [1.82, 2.24) is 20.4 Å². The number of carboxylic acids is 1. The summed E-state index contributed by atoms with van der Waals surface area (Å²) in [4.78, 5) is 27.0. The standard InChI is InChI=1S/C9H14N4O4/c1-2-13(5-8(14)15)9(16)10-4-3-7-11-6-17-12-7/h6H,2-5H2,1H3,(H,10,16)(H,14,15). The van der Waals surface area contributed by atoms with Crippen LogP contribution in [0.15, 0.2) is 10.9 Å². The minimum Gasteiger partial charge on any atom is -0.480 e. The Morgan fingerprint density at radius 3 is 2.88 bits per heavy atom. The van der Waals surface area contributed by atoms with Crippen molar-refractivity contribution in [2.24, 2.45) is 0 Å². The molecule has 0 aliphatic heterocycles. The van der Waals surface area contributed by atoms with E-state index < -0.39 is 12.0 Å². The van der Waals surface area contributed by atoms with E-state index in [-0.39, 0.29) is 6.54 Å². The number of carbonyl (C=O) groups excluding carboxylic acids is 1. The zero-order chi connectivity index (χ0) is 12.7. The monoisotopic (exact) mass is 242 g/mol. The lowest BCUT2D eigenvalue weighted by atomic mass is 10.4. The lowest BCUT2D eigenvalue weighted by Crippen LogP contribution is -2.43. The topological polar surface area (TPSA) is 109 Å². The molecule has 94 valence electrons. The van der Waals surface area contributed by atoms with E-state index >= 15 is 0 Å². The summed E-state index contributed by atoms with van der Waals surface area (Å²) in [6.07, 6.45) is 1.65. The van der Waals surface area contributed by atoms with E-state index in [1.807, 2.05) is 0 Å². The fraction of sp³-hybridized carbons (Fsp3) is 0.556. The first kappa shape index (κ1) is 12.9. The molecule has 0 aromatic carbocycles. The normalized spacial score (nSPS) is 9.94. The minimum absolute atomic E-state index is 0.315. The molecule has 0 bridgehead atoms. The van der Waals surface area contributed by atoms with Gasteiger partial charge in [0, 0.05) is 19.5 Å². The summed E-state index contributed by atoms with van der Waals surface area (Å²) in [5, 5.41) is 14.7. The van der Waals surface area contributed by atoms with Crippen molar-refractivity contribution in [3.05, 3.63) is 12.2 Å². The summed E-state index contributed by atoms with van der Waals surface area (Å²) >= 11 is 0.